The zero-order valence-corrected chi connectivity index (χ0v) is 9.76. The van der Waals surface area contributed by atoms with E-state index in [1.165, 1.54) is 19.3 Å². The monoisotopic (exact) mass is 231 g/mol. The summed E-state index contributed by atoms with van der Waals surface area (Å²) >= 11 is 0. The van der Waals surface area contributed by atoms with Gasteiger partial charge in [0.1, 0.15) is 5.82 Å². The molecule has 3 N–H and O–H groups in total. The summed E-state index contributed by atoms with van der Waals surface area (Å²) in [5.74, 6) is 1.01. The van der Waals surface area contributed by atoms with E-state index in [9.17, 15) is 0 Å². The molecule has 3 heterocycles. The van der Waals surface area contributed by atoms with Gasteiger partial charge < -0.3 is 11.1 Å². The fourth-order valence-electron chi connectivity index (χ4n) is 2.41. The number of hydrogen-bond donors (Lipinski definition) is 2. The molecule has 1 saturated heterocycles. The maximum atomic E-state index is 5.72. The Kier molecular flexibility index (Phi) is 2.68. The number of nitrogens with zero attached hydrogens (tertiary/aromatic N) is 3. The van der Waals surface area contributed by atoms with Crippen molar-refractivity contribution in [2.75, 3.05) is 12.3 Å². The SMILES string of the molecule is Nc1ccn2c(CC3CCCCN3)nnc2c1. The second-order valence-corrected chi connectivity index (χ2v) is 4.66. The number of nitrogens with one attached hydrogen (secondary N) is 1. The Hall–Kier alpha value is -1.62. The van der Waals surface area contributed by atoms with Crippen molar-refractivity contribution in [1.82, 2.24) is 19.9 Å². The van der Waals surface area contributed by atoms with Crippen LogP contribution in [0.3, 0.4) is 0 Å². The fraction of sp³-hybridized carbons (Fsp3) is 0.500. The van der Waals surface area contributed by atoms with Crippen molar-refractivity contribution in [2.45, 2.75) is 31.7 Å². The molecule has 1 fully saturated rings. The van der Waals surface area contributed by atoms with Crippen molar-refractivity contribution in [1.29, 1.82) is 0 Å². The number of fused-ring (bicyclic) bond motifs is 1. The molecular formula is C12H17N5. The van der Waals surface area contributed by atoms with Crippen LogP contribution in [-0.4, -0.2) is 27.2 Å². The van der Waals surface area contributed by atoms with Gasteiger partial charge >= 0.3 is 0 Å². The van der Waals surface area contributed by atoms with E-state index in [4.69, 9.17) is 5.73 Å². The lowest BCUT2D eigenvalue weighted by molar-refractivity contribution is 0.393. The van der Waals surface area contributed by atoms with Crippen LogP contribution in [0.15, 0.2) is 18.3 Å². The summed E-state index contributed by atoms with van der Waals surface area (Å²) in [6.45, 7) is 1.12. The van der Waals surface area contributed by atoms with E-state index >= 15 is 0 Å². The molecule has 3 rings (SSSR count). The van der Waals surface area contributed by atoms with Crippen LogP contribution in [0.4, 0.5) is 5.69 Å². The lowest BCUT2D eigenvalue weighted by Crippen LogP contribution is -2.36. The summed E-state index contributed by atoms with van der Waals surface area (Å²) in [7, 11) is 0. The Morgan fingerprint density at radius 2 is 2.35 bits per heavy atom. The summed E-state index contributed by atoms with van der Waals surface area (Å²) in [6.07, 6.45) is 6.70. The van der Waals surface area contributed by atoms with Crippen LogP contribution in [0.25, 0.3) is 5.65 Å². The van der Waals surface area contributed by atoms with E-state index in [1.807, 2.05) is 22.7 Å². The lowest BCUT2D eigenvalue weighted by atomic mass is 10.0. The standard InChI is InChI=1S/C12H17N5/c13-9-4-6-17-11(7-9)15-16-12(17)8-10-3-1-2-5-14-10/h4,6-7,10,14H,1-3,5,8,13H2. The van der Waals surface area contributed by atoms with Crippen LogP contribution in [0.2, 0.25) is 0 Å². The van der Waals surface area contributed by atoms with Gasteiger partial charge in [-0.2, -0.15) is 0 Å². The summed E-state index contributed by atoms with van der Waals surface area (Å²) in [6, 6.07) is 4.27. The van der Waals surface area contributed by atoms with Crippen molar-refractivity contribution >= 4 is 11.3 Å². The first kappa shape index (κ1) is 10.5. The smallest absolute Gasteiger partial charge is 0.162 e. The molecule has 5 nitrogen and oxygen atoms in total. The van der Waals surface area contributed by atoms with E-state index < -0.39 is 0 Å². The predicted molar refractivity (Wildman–Crippen MR) is 66.7 cm³/mol. The summed E-state index contributed by atoms with van der Waals surface area (Å²) < 4.78 is 2.02. The van der Waals surface area contributed by atoms with Crippen LogP contribution in [0.5, 0.6) is 0 Å². The number of aromatic nitrogens is 3. The van der Waals surface area contributed by atoms with Gasteiger partial charge in [0, 0.05) is 30.4 Å². The average molecular weight is 231 g/mol. The predicted octanol–water partition coefficient (Wildman–Crippen LogP) is 0.996. The number of rotatable bonds is 2. The maximum absolute atomic E-state index is 5.72. The van der Waals surface area contributed by atoms with E-state index in [0.717, 1.165) is 30.1 Å². The average Bonchev–Trinajstić information content (AvgIpc) is 2.73. The lowest BCUT2D eigenvalue weighted by Gasteiger charge is -2.22. The van der Waals surface area contributed by atoms with Crippen molar-refractivity contribution in [3.63, 3.8) is 0 Å². The van der Waals surface area contributed by atoms with E-state index in [-0.39, 0.29) is 0 Å². The molecule has 1 aliphatic heterocycles. The van der Waals surface area contributed by atoms with Gasteiger partial charge in [-0.1, -0.05) is 6.42 Å². The van der Waals surface area contributed by atoms with Gasteiger partial charge in [0.2, 0.25) is 0 Å². The molecule has 5 heteroatoms. The first-order valence-corrected chi connectivity index (χ1v) is 6.15. The normalized spacial score (nSPS) is 20.8. The van der Waals surface area contributed by atoms with Gasteiger partial charge in [0.25, 0.3) is 0 Å². The Labute approximate surface area is 100 Å². The number of nitrogen functional groups attached to an aromatic ring is 1. The molecule has 2 aromatic heterocycles. The van der Waals surface area contributed by atoms with Crippen LogP contribution in [0, 0.1) is 0 Å². The highest BCUT2D eigenvalue weighted by molar-refractivity contribution is 5.51. The summed E-state index contributed by atoms with van der Waals surface area (Å²) in [5, 5.41) is 11.9. The molecule has 1 unspecified atom stereocenters. The molecular weight excluding hydrogens is 214 g/mol. The van der Waals surface area contributed by atoms with Crippen LogP contribution in [-0.2, 0) is 6.42 Å². The Bertz CT molecular complexity index is 513. The molecule has 90 valence electrons. The van der Waals surface area contributed by atoms with Gasteiger partial charge in [0.15, 0.2) is 5.65 Å². The van der Waals surface area contributed by atoms with Gasteiger partial charge in [-0.15, -0.1) is 10.2 Å². The molecule has 0 spiro atoms. The van der Waals surface area contributed by atoms with Crippen molar-refractivity contribution < 1.29 is 0 Å². The Morgan fingerprint density at radius 3 is 3.18 bits per heavy atom. The number of nitrogens with two attached hydrogens (primary N) is 1. The topological polar surface area (TPSA) is 68.2 Å². The zero-order chi connectivity index (χ0) is 11.7. The minimum Gasteiger partial charge on any atom is -0.399 e. The maximum Gasteiger partial charge on any atom is 0.162 e. The number of piperidine rings is 1. The number of hydrogen-bond acceptors (Lipinski definition) is 4. The van der Waals surface area contributed by atoms with E-state index in [1.54, 1.807) is 0 Å². The van der Waals surface area contributed by atoms with Gasteiger partial charge in [-0.25, -0.2) is 0 Å². The molecule has 1 atom stereocenters. The molecule has 1 aliphatic rings. The van der Waals surface area contributed by atoms with Crippen molar-refractivity contribution in [2.24, 2.45) is 0 Å². The van der Waals surface area contributed by atoms with E-state index in [0.29, 0.717) is 6.04 Å². The Balaban J connectivity index is 1.84. The largest absolute Gasteiger partial charge is 0.399 e. The molecule has 0 aliphatic carbocycles. The third-order valence-corrected chi connectivity index (χ3v) is 3.35. The van der Waals surface area contributed by atoms with Crippen LogP contribution >= 0.6 is 0 Å². The minimum atomic E-state index is 0.536. The molecule has 0 radical (unpaired) electrons. The second kappa shape index (κ2) is 4.33. The summed E-state index contributed by atoms with van der Waals surface area (Å²) in [5.41, 5.74) is 7.28. The van der Waals surface area contributed by atoms with Gasteiger partial charge in [-0.05, 0) is 25.5 Å². The molecule has 17 heavy (non-hydrogen) atoms. The van der Waals surface area contributed by atoms with Crippen LogP contribution in [0.1, 0.15) is 25.1 Å². The molecule has 2 aromatic rings. The van der Waals surface area contributed by atoms with E-state index in [2.05, 4.69) is 15.5 Å². The molecule has 0 bridgehead atoms. The first-order chi connectivity index (χ1) is 8.33. The van der Waals surface area contributed by atoms with Crippen molar-refractivity contribution in [3.8, 4) is 0 Å². The van der Waals surface area contributed by atoms with Gasteiger partial charge in [0.05, 0.1) is 0 Å². The highest BCUT2D eigenvalue weighted by Crippen LogP contribution is 2.14. The highest BCUT2D eigenvalue weighted by Gasteiger charge is 2.16. The first-order valence-electron chi connectivity index (χ1n) is 6.15. The second-order valence-electron chi connectivity index (χ2n) is 4.66. The molecule has 0 amide bonds. The fourth-order valence-corrected chi connectivity index (χ4v) is 2.41. The third kappa shape index (κ3) is 2.10. The van der Waals surface area contributed by atoms with Crippen molar-refractivity contribution in [3.05, 3.63) is 24.2 Å². The summed E-state index contributed by atoms with van der Waals surface area (Å²) in [4.78, 5) is 0. The molecule has 0 saturated carbocycles. The molecule has 0 aromatic carbocycles. The number of pyridine rings is 1. The number of anilines is 1. The third-order valence-electron chi connectivity index (χ3n) is 3.35. The quantitative estimate of drug-likeness (QED) is 0.809. The Morgan fingerprint density at radius 1 is 1.41 bits per heavy atom. The minimum absolute atomic E-state index is 0.536. The van der Waals surface area contributed by atoms with Gasteiger partial charge in [-0.3, -0.25) is 4.40 Å². The van der Waals surface area contributed by atoms with Crippen LogP contribution < -0.4 is 11.1 Å². The zero-order valence-electron chi connectivity index (χ0n) is 9.76. The highest BCUT2D eigenvalue weighted by atomic mass is 15.2.